The molecule has 1 aromatic carbocycles. The first kappa shape index (κ1) is 14.4. The smallest absolute Gasteiger partial charge is 0.236 e. The van der Waals surface area contributed by atoms with Crippen LogP contribution in [0.25, 0.3) is 0 Å². The van der Waals surface area contributed by atoms with Gasteiger partial charge in [0.25, 0.3) is 0 Å². The van der Waals surface area contributed by atoms with Crippen molar-refractivity contribution in [3.63, 3.8) is 0 Å². The molecule has 2 unspecified atom stereocenters. The van der Waals surface area contributed by atoms with Crippen molar-refractivity contribution in [1.29, 1.82) is 0 Å². The Kier molecular flexibility index (Phi) is 4.88. The molecule has 2 rings (SSSR count). The lowest BCUT2D eigenvalue weighted by molar-refractivity contribution is -0.123. The largest absolute Gasteiger partial charge is 0.358 e. The first-order valence-corrected chi connectivity index (χ1v) is 7.79. The molecule has 19 heavy (non-hydrogen) atoms. The lowest BCUT2D eigenvalue weighted by atomic mass is 10.0. The number of rotatable bonds is 5. The maximum absolute atomic E-state index is 12.0. The van der Waals surface area contributed by atoms with Crippen molar-refractivity contribution in [2.45, 2.75) is 37.2 Å². The summed E-state index contributed by atoms with van der Waals surface area (Å²) in [6, 6.07) is 8.61. The van der Waals surface area contributed by atoms with Gasteiger partial charge in [0.15, 0.2) is 0 Å². The Balaban J connectivity index is 2.08. The molecule has 0 saturated carbocycles. The molecule has 1 aromatic rings. The van der Waals surface area contributed by atoms with Crippen LogP contribution in [0, 0.1) is 5.92 Å². The molecule has 0 aromatic heterocycles. The molecule has 4 heteroatoms. The summed E-state index contributed by atoms with van der Waals surface area (Å²) in [6.07, 6.45) is 0.864. The van der Waals surface area contributed by atoms with Crippen molar-refractivity contribution >= 4 is 17.7 Å². The van der Waals surface area contributed by atoms with Crippen molar-refractivity contribution in [3.8, 4) is 0 Å². The van der Waals surface area contributed by atoms with Gasteiger partial charge >= 0.3 is 0 Å². The Labute approximate surface area is 119 Å². The van der Waals surface area contributed by atoms with Gasteiger partial charge in [-0.15, -0.1) is 11.8 Å². The molecule has 0 fully saturated rings. The number of thioether (sulfide) groups is 1. The SMILES string of the molecule is CNC(=O)C(CC(C)C)NC1CSc2ccccc21. The van der Waals surface area contributed by atoms with E-state index in [2.05, 4.69) is 48.7 Å². The van der Waals surface area contributed by atoms with Crippen LogP contribution in [0.3, 0.4) is 0 Å². The minimum absolute atomic E-state index is 0.0862. The molecule has 0 spiro atoms. The van der Waals surface area contributed by atoms with Crippen LogP contribution in [-0.4, -0.2) is 24.7 Å². The van der Waals surface area contributed by atoms with Crippen LogP contribution in [0.2, 0.25) is 0 Å². The molecule has 104 valence electrons. The number of hydrogen-bond acceptors (Lipinski definition) is 3. The summed E-state index contributed by atoms with van der Waals surface area (Å²) in [5.74, 6) is 1.59. The van der Waals surface area contributed by atoms with Gasteiger partial charge in [-0.1, -0.05) is 32.0 Å². The maximum atomic E-state index is 12.0. The normalized spacial score (nSPS) is 19.3. The molecule has 2 atom stereocenters. The number of benzene rings is 1. The highest BCUT2D eigenvalue weighted by Crippen LogP contribution is 2.38. The van der Waals surface area contributed by atoms with E-state index in [1.807, 2.05) is 11.8 Å². The molecule has 0 bridgehead atoms. The van der Waals surface area contributed by atoms with Gasteiger partial charge in [0.05, 0.1) is 6.04 Å². The molecule has 2 N–H and O–H groups in total. The second kappa shape index (κ2) is 6.44. The second-order valence-corrected chi connectivity index (χ2v) is 6.43. The van der Waals surface area contributed by atoms with Gasteiger partial charge in [0, 0.05) is 23.7 Å². The van der Waals surface area contributed by atoms with Crippen molar-refractivity contribution in [1.82, 2.24) is 10.6 Å². The van der Waals surface area contributed by atoms with E-state index >= 15 is 0 Å². The van der Waals surface area contributed by atoms with Gasteiger partial charge < -0.3 is 5.32 Å². The lowest BCUT2D eigenvalue weighted by Crippen LogP contribution is -2.45. The predicted molar refractivity (Wildman–Crippen MR) is 80.4 cm³/mol. The maximum Gasteiger partial charge on any atom is 0.236 e. The molecule has 1 heterocycles. The Morgan fingerprint density at radius 2 is 2.16 bits per heavy atom. The van der Waals surface area contributed by atoms with Crippen molar-refractivity contribution in [3.05, 3.63) is 29.8 Å². The zero-order valence-electron chi connectivity index (χ0n) is 11.8. The number of fused-ring (bicyclic) bond motifs is 1. The summed E-state index contributed by atoms with van der Waals surface area (Å²) < 4.78 is 0. The molecular weight excluding hydrogens is 256 g/mol. The summed E-state index contributed by atoms with van der Waals surface area (Å²) in [7, 11) is 1.70. The Morgan fingerprint density at radius 1 is 1.42 bits per heavy atom. The van der Waals surface area contributed by atoms with Crippen LogP contribution in [0.5, 0.6) is 0 Å². The van der Waals surface area contributed by atoms with E-state index in [0.717, 1.165) is 12.2 Å². The molecule has 0 radical (unpaired) electrons. The van der Waals surface area contributed by atoms with Gasteiger partial charge in [0.2, 0.25) is 5.91 Å². The van der Waals surface area contributed by atoms with Crippen molar-refractivity contribution < 1.29 is 4.79 Å². The zero-order valence-corrected chi connectivity index (χ0v) is 12.6. The number of likely N-dealkylation sites (N-methyl/N-ethyl adjacent to an activating group) is 1. The Hall–Kier alpha value is -1.00. The highest BCUT2D eigenvalue weighted by molar-refractivity contribution is 7.99. The Bertz CT molecular complexity index is 448. The van der Waals surface area contributed by atoms with E-state index in [1.165, 1.54) is 10.5 Å². The predicted octanol–water partition coefficient (Wildman–Crippen LogP) is 2.58. The van der Waals surface area contributed by atoms with Crippen LogP contribution in [0.15, 0.2) is 29.2 Å². The fourth-order valence-corrected chi connectivity index (χ4v) is 3.61. The van der Waals surface area contributed by atoms with E-state index in [-0.39, 0.29) is 18.0 Å². The van der Waals surface area contributed by atoms with Crippen LogP contribution in [0.4, 0.5) is 0 Å². The van der Waals surface area contributed by atoms with Gasteiger partial charge in [-0.2, -0.15) is 0 Å². The lowest BCUT2D eigenvalue weighted by Gasteiger charge is -2.23. The molecule has 0 aliphatic carbocycles. The minimum atomic E-state index is -0.109. The first-order chi connectivity index (χ1) is 9.11. The van der Waals surface area contributed by atoms with E-state index in [1.54, 1.807) is 7.05 Å². The highest BCUT2D eigenvalue weighted by Gasteiger charge is 2.27. The average Bonchev–Trinajstić information content (AvgIpc) is 2.80. The van der Waals surface area contributed by atoms with E-state index in [9.17, 15) is 4.79 Å². The topological polar surface area (TPSA) is 41.1 Å². The summed E-state index contributed by atoms with van der Waals surface area (Å²) in [6.45, 7) is 4.30. The third kappa shape index (κ3) is 3.51. The monoisotopic (exact) mass is 278 g/mol. The molecule has 1 aliphatic heterocycles. The highest BCUT2D eigenvalue weighted by atomic mass is 32.2. The van der Waals surface area contributed by atoms with Crippen LogP contribution < -0.4 is 10.6 Å². The van der Waals surface area contributed by atoms with Gasteiger partial charge in [-0.25, -0.2) is 0 Å². The van der Waals surface area contributed by atoms with Crippen LogP contribution in [0.1, 0.15) is 31.9 Å². The number of hydrogen-bond donors (Lipinski definition) is 2. The van der Waals surface area contributed by atoms with Crippen molar-refractivity contribution in [2.75, 3.05) is 12.8 Å². The third-order valence-corrected chi connectivity index (χ3v) is 4.56. The van der Waals surface area contributed by atoms with E-state index < -0.39 is 0 Å². The third-order valence-electron chi connectivity index (χ3n) is 3.37. The fourth-order valence-electron chi connectivity index (χ4n) is 2.44. The molecular formula is C15H22N2OS. The quantitative estimate of drug-likeness (QED) is 0.870. The first-order valence-electron chi connectivity index (χ1n) is 6.81. The fraction of sp³-hybridized carbons (Fsp3) is 0.533. The van der Waals surface area contributed by atoms with Gasteiger partial charge in [-0.3, -0.25) is 10.1 Å². The number of carbonyl (C=O) groups excluding carboxylic acids is 1. The molecule has 1 aliphatic rings. The van der Waals surface area contributed by atoms with E-state index in [0.29, 0.717) is 5.92 Å². The standard InChI is InChI=1S/C15H22N2OS/c1-10(2)8-12(15(18)16-3)17-13-9-19-14-7-5-4-6-11(13)14/h4-7,10,12-13,17H,8-9H2,1-3H3,(H,16,18). The summed E-state index contributed by atoms with van der Waals surface area (Å²) in [5, 5.41) is 6.28. The molecule has 3 nitrogen and oxygen atoms in total. The zero-order chi connectivity index (χ0) is 13.8. The van der Waals surface area contributed by atoms with E-state index in [4.69, 9.17) is 0 Å². The summed E-state index contributed by atoms with van der Waals surface area (Å²) >= 11 is 1.86. The van der Waals surface area contributed by atoms with Crippen LogP contribution >= 0.6 is 11.8 Å². The number of carbonyl (C=O) groups is 1. The summed E-state index contributed by atoms with van der Waals surface area (Å²) in [5.41, 5.74) is 1.32. The number of nitrogens with one attached hydrogen (secondary N) is 2. The number of amides is 1. The van der Waals surface area contributed by atoms with Crippen molar-refractivity contribution in [2.24, 2.45) is 5.92 Å². The Morgan fingerprint density at radius 3 is 2.84 bits per heavy atom. The van der Waals surface area contributed by atoms with Crippen LogP contribution in [-0.2, 0) is 4.79 Å². The summed E-state index contributed by atoms with van der Waals surface area (Å²) in [4.78, 5) is 13.3. The average molecular weight is 278 g/mol. The molecule has 1 amide bonds. The molecule has 0 saturated heterocycles. The minimum Gasteiger partial charge on any atom is -0.358 e. The van der Waals surface area contributed by atoms with Gasteiger partial charge in [0.1, 0.15) is 0 Å². The second-order valence-electron chi connectivity index (χ2n) is 5.36. The van der Waals surface area contributed by atoms with Gasteiger partial charge in [-0.05, 0) is 24.0 Å².